The van der Waals surface area contributed by atoms with Gasteiger partial charge in [-0.2, -0.15) is 0 Å². The van der Waals surface area contributed by atoms with Crippen LogP contribution in [0, 0.1) is 18.8 Å². The van der Waals surface area contributed by atoms with Crippen LogP contribution in [0.25, 0.3) is 0 Å². The summed E-state index contributed by atoms with van der Waals surface area (Å²) in [6.07, 6.45) is 0. The number of rotatable bonds is 1. The topological polar surface area (TPSA) is 37.4 Å². The summed E-state index contributed by atoms with van der Waals surface area (Å²) in [5, 5.41) is 0.168. The van der Waals surface area contributed by atoms with Crippen LogP contribution in [-0.4, -0.2) is 25.9 Å². The number of fused-ring (bicyclic) bond motifs is 5. The second-order valence-corrected chi connectivity index (χ2v) is 10.2. The highest BCUT2D eigenvalue weighted by Gasteiger charge is 2.87. The molecule has 0 unspecified atom stereocenters. The van der Waals surface area contributed by atoms with Crippen molar-refractivity contribution in [3.8, 4) is 0 Å². The van der Waals surface area contributed by atoms with Crippen LogP contribution in [0.3, 0.4) is 0 Å². The second kappa shape index (κ2) is 5.60. The Labute approximate surface area is 184 Å². The van der Waals surface area contributed by atoms with Crippen LogP contribution in [0.15, 0.2) is 28.3 Å². The number of imide groups is 1. The second-order valence-electron chi connectivity index (χ2n) is 6.53. The lowest BCUT2D eigenvalue weighted by Gasteiger charge is -2.34. The summed E-state index contributed by atoms with van der Waals surface area (Å²) < 4.78 is -1.94. The van der Waals surface area contributed by atoms with Gasteiger partial charge in [-0.15, -0.1) is 23.2 Å². The van der Waals surface area contributed by atoms with Crippen LogP contribution in [-0.2, 0) is 9.59 Å². The molecule has 3 aliphatic rings. The Bertz CT molecular complexity index is 883. The molecule has 4 atom stereocenters. The zero-order chi connectivity index (χ0) is 19.4. The molecule has 0 radical (unpaired) electrons. The van der Waals surface area contributed by atoms with Crippen molar-refractivity contribution < 1.29 is 9.59 Å². The van der Waals surface area contributed by atoms with Crippen molar-refractivity contribution in [3.05, 3.63) is 38.8 Å². The van der Waals surface area contributed by atoms with Crippen LogP contribution < -0.4 is 4.90 Å². The Kier molecular flexibility index (Phi) is 4.19. The molecule has 2 amide bonds. The minimum atomic E-state index is -1.94. The molecule has 0 spiro atoms. The van der Waals surface area contributed by atoms with Gasteiger partial charge in [0.05, 0.1) is 27.6 Å². The molecular weight excluding hydrogens is 486 g/mol. The third kappa shape index (κ3) is 1.87. The van der Waals surface area contributed by atoms with E-state index in [1.807, 2.05) is 0 Å². The van der Waals surface area contributed by atoms with Gasteiger partial charge in [0.1, 0.15) is 9.75 Å². The molecule has 1 aromatic carbocycles. The molecule has 0 N–H and O–H groups in total. The third-order valence-electron chi connectivity index (χ3n) is 5.32. The van der Waals surface area contributed by atoms with E-state index in [1.165, 1.54) is 6.07 Å². The van der Waals surface area contributed by atoms with E-state index in [1.54, 1.807) is 19.1 Å². The minimum absolute atomic E-state index is 0.118. The molecule has 0 aromatic heterocycles. The molecule has 10 heteroatoms. The fourth-order valence-corrected chi connectivity index (χ4v) is 7.07. The number of halogens is 7. The van der Waals surface area contributed by atoms with Crippen molar-refractivity contribution in [1.29, 1.82) is 0 Å². The standard InChI is InChI=1S/C16H8Cl7NO2/c1-5-2-3-6(4-7(5)17)24-12(25)8-9(13(24)26)15(21)11(19)10(18)14(8,20)16(15,22)23/h2-4,8-9H,1H3/t8-,9+,14-,15-/m1/s1. The number of carbonyl (C=O) groups is 2. The van der Waals surface area contributed by atoms with E-state index < -0.39 is 37.7 Å². The molecule has 1 saturated carbocycles. The first-order valence-electron chi connectivity index (χ1n) is 7.38. The number of anilines is 1. The summed E-state index contributed by atoms with van der Waals surface area (Å²) in [6.45, 7) is 1.80. The highest BCUT2D eigenvalue weighted by molar-refractivity contribution is 6.67. The van der Waals surface area contributed by atoms with Crippen molar-refractivity contribution in [2.75, 3.05) is 4.90 Å². The zero-order valence-electron chi connectivity index (χ0n) is 12.8. The highest BCUT2D eigenvalue weighted by Crippen LogP contribution is 2.77. The summed E-state index contributed by atoms with van der Waals surface area (Å²) >= 11 is 44.8. The van der Waals surface area contributed by atoms with E-state index in [0.29, 0.717) is 10.7 Å². The molecule has 3 nitrogen and oxygen atoms in total. The lowest BCUT2D eigenvalue weighted by atomic mass is 9.84. The van der Waals surface area contributed by atoms with Crippen molar-refractivity contribution in [1.82, 2.24) is 0 Å². The third-order valence-corrected chi connectivity index (χ3v) is 9.99. The van der Waals surface area contributed by atoms with Gasteiger partial charge >= 0.3 is 0 Å². The van der Waals surface area contributed by atoms with Gasteiger partial charge < -0.3 is 0 Å². The van der Waals surface area contributed by atoms with Gasteiger partial charge in [0, 0.05) is 5.02 Å². The van der Waals surface area contributed by atoms with E-state index in [9.17, 15) is 9.59 Å². The van der Waals surface area contributed by atoms with Gasteiger partial charge in [0.2, 0.25) is 11.8 Å². The first-order chi connectivity index (χ1) is 11.9. The van der Waals surface area contributed by atoms with Crippen molar-refractivity contribution >= 4 is 98.7 Å². The van der Waals surface area contributed by atoms with Gasteiger partial charge in [-0.1, -0.05) is 64.1 Å². The number of nitrogens with zero attached hydrogens (tertiary/aromatic N) is 1. The number of hydrogen-bond donors (Lipinski definition) is 0. The molecule has 26 heavy (non-hydrogen) atoms. The van der Waals surface area contributed by atoms with E-state index in [-0.39, 0.29) is 10.1 Å². The van der Waals surface area contributed by atoms with E-state index in [2.05, 4.69) is 0 Å². The maximum atomic E-state index is 13.1. The van der Waals surface area contributed by atoms with Crippen LogP contribution in [0.5, 0.6) is 0 Å². The summed E-state index contributed by atoms with van der Waals surface area (Å²) in [6, 6.07) is 4.81. The first-order valence-corrected chi connectivity index (χ1v) is 10.0. The number of carbonyl (C=O) groups excluding carboxylic acids is 2. The van der Waals surface area contributed by atoms with Crippen LogP contribution in [0.4, 0.5) is 5.69 Å². The highest BCUT2D eigenvalue weighted by atomic mass is 35.5. The molecule has 4 rings (SSSR count). The van der Waals surface area contributed by atoms with Crippen LogP contribution in [0.1, 0.15) is 5.56 Å². The predicted molar refractivity (Wildman–Crippen MR) is 106 cm³/mol. The molecule has 2 fully saturated rings. The minimum Gasteiger partial charge on any atom is -0.274 e. The number of alkyl halides is 4. The lowest BCUT2D eigenvalue weighted by molar-refractivity contribution is -0.123. The molecule has 1 aromatic rings. The Morgan fingerprint density at radius 1 is 0.885 bits per heavy atom. The maximum Gasteiger partial charge on any atom is 0.240 e. The molecular formula is C16H8Cl7NO2. The molecule has 1 heterocycles. The fraction of sp³-hybridized carbons (Fsp3) is 0.375. The average molecular weight is 494 g/mol. The maximum absolute atomic E-state index is 13.1. The number of allylic oxidation sites excluding steroid dienone is 2. The largest absolute Gasteiger partial charge is 0.274 e. The van der Waals surface area contributed by atoms with E-state index in [0.717, 1.165) is 10.5 Å². The predicted octanol–water partition coefficient (Wildman–Crippen LogP) is 5.60. The van der Waals surface area contributed by atoms with Crippen LogP contribution >= 0.6 is 81.2 Å². The van der Waals surface area contributed by atoms with Gasteiger partial charge in [-0.3, -0.25) is 9.59 Å². The number of hydrogen-bond acceptors (Lipinski definition) is 2. The Morgan fingerprint density at radius 2 is 1.35 bits per heavy atom. The number of benzene rings is 1. The Morgan fingerprint density at radius 3 is 1.77 bits per heavy atom. The summed E-state index contributed by atoms with van der Waals surface area (Å²) in [4.78, 5) is 23.7. The normalized spacial score (nSPS) is 37.8. The molecule has 2 bridgehead atoms. The average Bonchev–Trinajstić information content (AvgIpc) is 2.95. The number of amides is 2. The molecule has 2 aliphatic carbocycles. The molecule has 1 aliphatic heterocycles. The SMILES string of the molecule is Cc1ccc(N2C(=O)[C@@H]3[C@H](C2=O)[C@@]2(Cl)C(Cl)=C(Cl)[C@@]3(Cl)C2(Cl)Cl)cc1Cl. The zero-order valence-corrected chi connectivity index (χ0v) is 18.1. The Balaban J connectivity index is 1.90. The van der Waals surface area contributed by atoms with E-state index in [4.69, 9.17) is 81.2 Å². The summed E-state index contributed by atoms with van der Waals surface area (Å²) in [5.74, 6) is -3.52. The lowest BCUT2D eigenvalue weighted by Crippen LogP contribution is -2.50. The monoisotopic (exact) mass is 491 g/mol. The van der Waals surface area contributed by atoms with E-state index >= 15 is 0 Å². The number of aryl methyl sites for hydroxylation is 1. The summed E-state index contributed by atoms with van der Waals surface area (Å²) in [7, 11) is 0. The molecule has 138 valence electrons. The van der Waals surface area contributed by atoms with Crippen molar-refractivity contribution in [3.63, 3.8) is 0 Å². The van der Waals surface area contributed by atoms with Crippen molar-refractivity contribution in [2.45, 2.75) is 21.0 Å². The molecule has 1 saturated heterocycles. The smallest absolute Gasteiger partial charge is 0.240 e. The van der Waals surface area contributed by atoms with Gasteiger partial charge in [-0.25, -0.2) is 4.90 Å². The van der Waals surface area contributed by atoms with Crippen molar-refractivity contribution in [2.24, 2.45) is 11.8 Å². The fourth-order valence-electron chi connectivity index (χ4n) is 3.97. The van der Waals surface area contributed by atoms with Crippen LogP contribution in [0.2, 0.25) is 5.02 Å². The van der Waals surface area contributed by atoms with Gasteiger partial charge in [0.15, 0.2) is 4.33 Å². The van der Waals surface area contributed by atoms with Gasteiger partial charge in [-0.05, 0) is 24.6 Å². The quantitative estimate of drug-likeness (QED) is 0.377. The summed E-state index contributed by atoms with van der Waals surface area (Å²) in [5.41, 5.74) is 1.10. The van der Waals surface area contributed by atoms with Gasteiger partial charge in [0.25, 0.3) is 0 Å². The first kappa shape index (κ1) is 19.4. The Hall–Kier alpha value is 0.130.